The molecule has 0 bridgehead atoms. The monoisotopic (exact) mass is 404 g/mol. The van der Waals surface area contributed by atoms with Crippen molar-refractivity contribution in [2.75, 3.05) is 5.73 Å². The Labute approximate surface area is 171 Å². The molecule has 1 aromatic carbocycles. The zero-order chi connectivity index (χ0) is 20.5. The molecule has 0 atom stereocenters. The van der Waals surface area contributed by atoms with Crippen molar-refractivity contribution in [1.29, 1.82) is 0 Å². The summed E-state index contributed by atoms with van der Waals surface area (Å²) in [6.07, 6.45) is 0. The van der Waals surface area contributed by atoms with Crippen LogP contribution in [0.15, 0.2) is 52.6 Å². The summed E-state index contributed by atoms with van der Waals surface area (Å²) in [5.74, 6) is 0.305. The van der Waals surface area contributed by atoms with E-state index < -0.39 is 0 Å². The zero-order valence-corrected chi connectivity index (χ0v) is 17.1. The fourth-order valence-corrected chi connectivity index (χ4v) is 3.76. The number of nitrogens with two attached hydrogens (primary N) is 1. The summed E-state index contributed by atoms with van der Waals surface area (Å²) in [6.45, 7) is 5.74. The van der Waals surface area contributed by atoms with Crippen molar-refractivity contribution in [3.05, 3.63) is 63.9 Å². The quantitative estimate of drug-likeness (QED) is 0.553. The highest BCUT2D eigenvalue weighted by atomic mass is 32.1. The maximum Gasteiger partial charge on any atom is 0.267 e. The predicted octanol–water partition coefficient (Wildman–Crippen LogP) is 3.96. The smallest absolute Gasteiger partial charge is 0.267 e. The normalized spacial score (nSPS) is 11.2. The molecule has 2 N–H and O–H groups in total. The molecule has 0 fully saturated rings. The number of nitrogens with zero attached hydrogens (tertiary/aromatic N) is 5. The average Bonchev–Trinajstić information content (AvgIpc) is 3.15. The van der Waals surface area contributed by atoms with Crippen LogP contribution in [0.5, 0.6) is 0 Å². The van der Waals surface area contributed by atoms with Crippen molar-refractivity contribution in [3.8, 4) is 33.3 Å². The number of aryl methyl sites for hydroxylation is 1. The molecule has 29 heavy (non-hydrogen) atoms. The third-order valence-electron chi connectivity index (χ3n) is 4.35. The summed E-state index contributed by atoms with van der Waals surface area (Å²) in [7, 11) is 0. The molecule has 0 saturated carbocycles. The van der Waals surface area contributed by atoms with Gasteiger partial charge in [0, 0.05) is 22.7 Å². The Balaban J connectivity index is 1.99. The first kappa shape index (κ1) is 18.9. The van der Waals surface area contributed by atoms with E-state index in [0.717, 1.165) is 11.3 Å². The van der Waals surface area contributed by atoms with Crippen LogP contribution in [-0.4, -0.2) is 24.7 Å². The third-order valence-corrected chi connectivity index (χ3v) is 5.32. The lowest BCUT2D eigenvalue weighted by Gasteiger charge is -2.14. The Morgan fingerprint density at radius 1 is 0.966 bits per heavy atom. The van der Waals surface area contributed by atoms with E-state index in [2.05, 4.69) is 15.1 Å². The first-order chi connectivity index (χ1) is 13.9. The van der Waals surface area contributed by atoms with Crippen molar-refractivity contribution >= 4 is 17.2 Å². The zero-order valence-electron chi connectivity index (χ0n) is 16.3. The van der Waals surface area contributed by atoms with Gasteiger partial charge in [-0.2, -0.15) is 5.10 Å². The van der Waals surface area contributed by atoms with Gasteiger partial charge in [0.25, 0.3) is 5.56 Å². The molecule has 4 rings (SSSR count). The molecule has 0 aliphatic rings. The second-order valence-corrected chi connectivity index (χ2v) is 7.77. The van der Waals surface area contributed by atoms with Crippen LogP contribution in [-0.2, 0) is 0 Å². The number of aromatic nitrogens is 5. The number of rotatable bonds is 4. The van der Waals surface area contributed by atoms with Crippen LogP contribution in [0, 0.1) is 6.92 Å². The van der Waals surface area contributed by atoms with Gasteiger partial charge in [0.1, 0.15) is 27.8 Å². The summed E-state index contributed by atoms with van der Waals surface area (Å²) < 4.78 is 1.44. The summed E-state index contributed by atoms with van der Waals surface area (Å²) in [4.78, 5) is 26.2. The van der Waals surface area contributed by atoms with E-state index >= 15 is 0 Å². The van der Waals surface area contributed by atoms with E-state index in [1.54, 1.807) is 6.07 Å². The van der Waals surface area contributed by atoms with Crippen molar-refractivity contribution in [1.82, 2.24) is 24.7 Å². The number of anilines is 1. The van der Waals surface area contributed by atoms with Crippen LogP contribution in [0.25, 0.3) is 33.3 Å². The van der Waals surface area contributed by atoms with E-state index in [1.807, 2.05) is 56.5 Å². The first-order valence-electron chi connectivity index (χ1n) is 9.19. The lowest BCUT2D eigenvalue weighted by molar-refractivity contribution is 0.504. The Kier molecular flexibility index (Phi) is 4.94. The minimum atomic E-state index is -0.163. The standard InChI is InChI=1S/C21H20N6OS/c1-12(2)27-16(28)10-9-15(26-27)18-17(14-7-5-4-6-8-14)25-20(22)19(24-18)21-23-13(3)11-29-21/h4-12H,1-3H3,(H2,22,25). The van der Waals surface area contributed by atoms with Gasteiger partial charge in [-0.3, -0.25) is 4.79 Å². The van der Waals surface area contributed by atoms with Crippen LogP contribution < -0.4 is 11.3 Å². The van der Waals surface area contributed by atoms with Gasteiger partial charge < -0.3 is 5.73 Å². The van der Waals surface area contributed by atoms with Gasteiger partial charge in [-0.25, -0.2) is 19.6 Å². The molecule has 0 saturated heterocycles. The molecular weight excluding hydrogens is 384 g/mol. The number of benzene rings is 1. The summed E-state index contributed by atoms with van der Waals surface area (Å²) >= 11 is 1.46. The number of nitrogen functional groups attached to an aromatic ring is 1. The fraction of sp³-hybridized carbons (Fsp3) is 0.190. The maximum atomic E-state index is 12.2. The molecule has 146 valence electrons. The van der Waals surface area contributed by atoms with Crippen LogP contribution in [0.3, 0.4) is 0 Å². The molecule has 0 amide bonds. The average molecular weight is 404 g/mol. The second-order valence-electron chi connectivity index (χ2n) is 6.91. The predicted molar refractivity (Wildman–Crippen MR) is 116 cm³/mol. The Hall–Kier alpha value is -3.39. The van der Waals surface area contributed by atoms with Gasteiger partial charge in [-0.15, -0.1) is 11.3 Å². The molecule has 0 spiro atoms. The molecule has 3 heterocycles. The third kappa shape index (κ3) is 3.66. The van der Waals surface area contributed by atoms with E-state index in [4.69, 9.17) is 10.7 Å². The van der Waals surface area contributed by atoms with E-state index in [9.17, 15) is 4.79 Å². The van der Waals surface area contributed by atoms with Crippen molar-refractivity contribution in [2.24, 2.45) is 0 Å². The molecule has 4 aromatic rings. The molecule has 0 unspecified atom stereocenters. The van der Waals surface area contributed by atoms with Gasteiger partial charge in [-0.1, -0.05) is 30.3 Å². The van der Waals surface area contributed by atoms with Crippen LogP contribution >= 0.6 is 11.3 Å². The Bertz CT molecular complexity index is 1230. The van der Waals surface area contributed by atoms with Crippen molar-refractivity contribution in [2.45, 2.75) is 26.8 Å². The van der Waals surface area contributed by atoms with Crippen LogP contribution in [0.2, 0.25) is 0 Å². The van der Waals surface area contributed by atoms with E-state index in [0.29, 0.717) is 33.6 Å². The topological polar surface area (TPSA) is 99.6 Å². The minimum Gasteiger partial charge on any atom is -0.382 e. The number of thiazole rings is 1. The molecular formula is C21H20N6OS. The minimum absolute atomic E-state index is 0.0783. The number of hydrogen-bond acceptors (Lipinski definition) is 7. The number of hydrogen-bond donors (Lipinski definition) is 1. The molecule has 7 nitrogen and oxygen atoms in total. The van der Waals surface area contributed by atoms with Gasteiger partial charge in [0.05, 0.1) is 6.04 Å². The van der Waals surface area contributed by atoms with Gasteiger partial charge >= 0.3 is 0 Å². The van der Waals surface area contributed by atoms with Gasteiger partial charge in [0.15, 0.2) is 5.82 Å². The molecule has 0 radical (unpaired) electrons. The lowest BCUT2D eigenvalue weighted by Crippen LogP contribution is -2.24. The highest BCUT2D eigenvalue weighted by Crippen LogP contribution is 2.34. The molecule has 3 aromatic heterocycles. The van der Waals surface area contributed by atoms with Crippen molar-refractivity contribution < 1.29 is 0 Å². The lowest BCUT2D eigenvalue weighted by atomic mass is 10.1. The second kappa shape index (κ2) is 7.56. The van der Waals surface area contributed by atoms with E-state index in [-0.39, 0.29) is 11.6 Å². The Morgan fingerprint density at radius 2 is 1.72 bits per heavy atom. The summed E-state index contributed by atoms with van der Waals surface area (Å²) in [6, 6.07) is 12.8. The van der Waals surface area contributed by atoms with Gasteiger partial charge in [0.2, 0.25) is 0 Å². The van der Waals surface area contributed by atoms with Crippen molar-refractivity contribution in [3.63, 3.8) is 0 Å². The summed E-state index contributed by atoms with van der Waals surface area (Å²) in [5, 5.41) is 7.18. The van der Waals surface area contributed by atoms with Crippen LogP contribution in [0.4, 0.5) is 5.82 Å². The summed E-state index contributed by atoms with van der Waals surface area (Å²) in [5.41, 5.74) is 10.1. The maximum absolute atomic E-state index is 12.2. The molecule has 0 aliphatic carbocycles. The first-order valence-corrected chi connectivity index (χ1v) is 10.1. The SMILES string of the molecule is Cc1csc(-c2nc(-c3ccc(=O)n(C(C)C)n3)c(-c3ccccc3)nc2N)n1. The molecule has 0 aliphatic heterocycles. The highest BCUT2D eigenvalue weighted by Gasteiger charge is 2.20. The fourth-order valence-electron chi connectivity index (χ4n) is 2.97. The van der Waals surface area contributed by atoms with Gasteiger partial charge in [-0.05, 0) is 26.8 Å². The highest BCUT2D eigenvalue weighted by molar-refractivity contribution is 7.13. The largest absolute Gasteiger partial charge is 0.382 e. The van der Waals surface area contributed by atoms with Crippen LogP contribution in [0.1, 0.15) is 25.6 Å². The van der Waals surface area contributed by atoms with E-state index in [1.165, 1.54) is 22.1 Å². The Morgan fingerprint density at radius 3 is 2.38 bits per heavy atom. The molecule has 8 heteroatoms.